The molecule has 7 heteroatoms. The van der Waals surface area contributed by atoms with E-state index in [1.807, 2.05) is 0 Å². The fourth-order valence-electron chi connectivity index (χ4n) is 2.30. The highest BCUT2D eigenvalue weighted by Gasteiger charge is 2.15. The second-order valence-electron chi connectivity index (χ2n) is 5.25. The molecular weight excluding hydrogens is 299 g/mol. The Morgan fingerprint density at radius 2 is 2.09 bits per heavy atom. The third-order valence-corrected chi connectivity index (χ3v) is 3.55. The molecule has 6 nitrogen and oxygen atoms in total. The molecule has 0 spiro atoms. The maximum absolute atomic E-state index is 13.5. The van der Waals surface area contributed by atoms with Crippen LogP contribution in [0.3, 0.4) is 0 Å². The van der Waals surface area contributed by atoms with E-state index in [0.717, 1.165) is 19.4 Å². The van der Waals surface area contributed by atoms with Crippen molar-refractivity contribution in [3.8, 4) is 0 Å². The first-order valence-electron chi connectivity index (χ1n) is 7.46. The summed E-state index contributed by atoms with van der Waals surface area (Å²) in [5.74, 6) is -0.514. The summed E-state index contributed by atoms with van der Waals surface area (Å²) in [5.41, 5.74) is 0.383. The number of nitrogens with one attached hydrogen (secondary N) is 2. The summed E-state index contributed by atoms with van der Waals surface area (Å²) in [7, 11) is 0. The molecule has 1 aliphatic rings. The van der Waals surface area contributed by atoms with Crippen molar-refractivity contribution in [1.29, 1.82) is 0 Å². The first-order valence-corrected chi connectivity index (χ1v) is 7.46. The summed E-state index contributed by atoms with van der Waals surface area (Å²) in [4.78, 5) is 20.2. The van der Waals surface area contributed by atoms with E-state index < -0.39 is 11.7 Å². The number of para-hydroxylation sites is 1. The summed E-state index contributed by atoms with van der Waals surface area (Å²) in [6.07, 6.45) is 5.09. The highest BCUT2D eigenvalue weighted by atomic mass is 19.1. The van der Waals surface area contributed by atoms with E-state index in [1.54, 1.807) is 12.1 Å². The van der Waals surface area contributed by atoms with E-state index in [0.29, 0.717) is 12.5 Å². The van der Waals surface area contributed by atoms with Crippen LogP contribution in [0.2, 0.25) is 0 Å². The molecule has 2 heterocycles. The molecule has 2 aromatic rings. The van der Waals surface area contributed by atoms with E-state index in [1.165, 1.54) is 24.5 Å². The lowest BCUT2D eigenvalue weighted by molar-refractivity contribution is 0.102. The molecule has 23 heavy (non-hydrogen) atoms. The predicted octanol–water partition coefficient (Wildman–Crippen LogP) is 2.46. The minimum Gasteiger partial charge on any atom is -0.376 e. The number of carbonyl (C=O) groups is 1. The number of halogens is 1. The minimum atomic E-state index is -0.489. The third-order valence-electron chi connectivity index (χ3n) is 3.55. The summed E-state index contributed by atoms with van der Waals surface area (Å²) in [6.45, 7) is 1.43. The number of benzene rings is 1. The normalized spacial score (nSPS) is 17.0. The van der Waals surface area contributed by atoms with E-state index in [2.05, 4.69) is 20.6 Å². The summed E-state index contributed by atoms with van der Waals surface area (Å²) >= 11 is 0. The van der Waals surface area contributed by atoms with Crippen molar-refractivity contribution in [2.45, 2.75) is 18.9 Å². The standard InChI is InChI=1S/C16H17FN4O2/c17-13-5-1-2-6-14(13)21-15(22)11-8-18-16(19-9-11)20-10-12-4-3-7-23-12/h1-2,5-6,8-9,12H,3-4,7,10H2,(H,21,22)(H,18,19,20). The Hall–Kier alpha value is -2.54. The van der Waals surface area contributed by atoms with Gasteiger partial charge in [-0.15, -0.1) is 0 Å². The quantitative estimate of drug-likeness (QED) is 0.886. The van der Waals surface area contributed by atoms with E-state index >= 15 is 0 Å². The molecule has 1 fully saturated rings. The number of carbonyl (C=O) groups excluding carboxylic acids is 1. The number of anilines is 2. The van der Waals surface area contributed by atoms with Crippen molar-refractivity contribution in [3.05, 3.63) is 48.0 Å². The largest absolute Gasteiger partial charge is 0.376 e. The zero-order valence-corrected chi connectivity index (χ0v) is 12.5. The van der Waals surface area contributed by atoms with Gasteiger partial charge in [0.25, 0.3) is 5.91 Å². The molecule has 1 aliphatic heterocycles. The fourth-order valence-corrected chi connectivity index (χ4v) is 2.30. The van der Waals surface area contributed by atoms with Crippen molar-refractivity contribution in [3.63, 3.8) is 0 Å². The second kappa shape index (κ2) is 7.15. The average molecular weight is 316 g/mol. The molecule has 2 N–H and O–H groups in total. The Bertz CT molecular complexity index is 672. The molecule has 1 amide bonds. The molecule has 1 aromatic carbocycles. The third kappa shape index (κ3) is 4.01. The summed E-state index contributed by atoms with van der Waals surface area (Å²) < 4.78 is 19.0. The van der Waals surface area contributed by atoms with Crippen LogP contribution in [0, 0.1) is 5.82 Å². The van der Waals surface area contributed by atoms with Crippen LogP contribution in [0.1, 0.15) is 23.2 Å². The predicted molar refractivity (Wildman–Crippen MR) is 83.8 cm³/mol. The smallest absolute Gasteiger partial charge is 0.258 e. The molecule has 0 radical (unpaired) electrons. The summed E-state index contributed by atoms with van der Waals surface area (Å²) in [5, 5.41) is 5.56. The summed E-state index contributed by atoms with van der Waals surface area (Å²) in [6, 6.07) is 5.98. The Balaban J connectivity index is 1.57. The van der Waals surface area contributed by atoms with Crippen LogP contribution in [-0.4, -0.2) is 35.1 Å². The van der Waals surface area contributed by atoms with Gasteiger partial charge in [-0.2, -0.15) is 0 Å². The minimum absolute atomic E-state index is 0.123. The second-order valence-corrected chi connectivity index (χ2v) is 5.25. The Kier molecular flexibility index (Phi) is 4.77. The molecule has 0 bridgehead atoms. The Morgan fingerprint density at radius 3 is 2.78 bits per heavy atom. The Labute approximate surface area is 133 Å². The molecular formula is C16H17FN4O2. The lowest BCUT2D eigenvalue weighted by atomic mass is 10.2. The zero-order chi connectivity index (χ0) is 16.1. The van der Waals surface area contributed by atoms with Crippen molar-refractivity contribution in [2.24, 2.45) is 0 Å². The lowest BCUT2D eigenvalue weighted by Crippen LogP contribution is -2.20. The van der Waals surface area contributed by atoms with Gasteiger partial charge in [-0.1, -0.05) is 12.1 Å². The Morgan fingerprint density at radius 1 is 1.30 bits per heavy atom. The van der Waals surface area contributed by atoms with E-state index in [-0.39, 0.29) is 17.4 Å². The van der Waals surface area contributed by atoms with E-state index in [4.69, 9.17) is 4.74 Å². The number of rotatable bonds is 5. The molecule has 0 saturated carbocycles. The van der Waals surface area contributed by atoms with Crippen molar-refractivity contribution in [2.75, 3.05) is 23.8 Å². The number of aromatic nitrogens is 2. The van der Waals surface area contributed by atoms with Crippen LogP contribution >= 0.6 is 0 Å². The first-order chi connectivity index (χ1) is 11.2. The maximum Gasteiger partial charge on any atom is 0.258 e. The van der Waals surface area contributed by atoms with Crippen LogP contribution < -0.4 is 10.6 Å². The number of nitrogens with zero attached hydrogens (tertiary/aromatic N) is 2. The van der Waals surface area contributed by atoms with Gasteiger partial charge in [-0.05, 0) is 25.0 Å². The van der Waals surface area contributed by atoms with Crippen molar-refractivity contribution < 1.29 is 13.9 Å². The van der Waals surface area contributed by atoms with Gasteiger partial charge in [-0.3, -0.25) is 4.79 Å². The zero-order valence-electron chi connectivity index (χ0n) is 12.5. The van der Waals surface area contributed by atoms with Gasteiger partial charge in [0.15, 0.2) is 0 Å². The topological polar surface area (TPSA) is 76.1 Å². The molecule has 1 saturated heterocycles. The maximum atomic E-state index is 13.5. The van der Waals surface area contributed by atoms with Crippen LogP contribution in [-0.2, 0) is 4.74 Å². The molecule has 0 aliphatic carbocycles. The molecule has 3 rings (SSSR count). The molecule has 1 unspecified atom stereocenters. The van der Waals surface area contributed by atoms with Crippen LogP contribution in [0.5, 0.6) is 0 Å². The SMILES string of the molecule is O=C(Nc1ccccc1F)c1cnc(NCC2CCCO2)nc1. The van der Waals surface area contributed by atoms with Gasteiger partial charge < -0.3 is 15.4 Å². The van der Waals surface area contributed by atoms with Gasteiger partial charge in [0, 0.05) is 25.5 Å². The van der Waals surface area contributed by atoms with Gasteiger partial charge in [0.05, 0.1) is 17.4 Å². The van der Waals surface area contributed by atoms with Gasteiger partial charge in [0.1, 0.15) is 5.82 Å². The fraction of sp³-hybridized carbons (Fsp3) is 0.312. The van der Waals surface area contributed by atoms with Gasteiger partial charge >= 0.3 is 0 Å². The number of ether oxygens (including phenoxy) is 1. The lowest BCUT2D eigenvalue weighted by Gasteiger charge is -2.10. The molecule has 1 aromatic heterocycles. The first kappa shape index (κ1) is 15.4. The number of hydrogen-bond acceptors (Lipinski definition) is 5. The van der Waals surface area contributed by atoms with Crippen molar-refractivity contribution in [1.82, 2.24) is 9.97 Å². The van der Waals surface area contributed by atoms with E-state index in [9.17, 15) is 9.18 Å². The van der Waals surface area contributed by atoms with Crippen LogP contribution in [0.15, 0.2) is 36.7 Å². The van der Waals surface area contributed by atoms with Crippen LogP contribution in [0.25, 0.3) is 0 Å². The average Bonchev–Trinajstić information content (AvgIpc) is 3.09. The molecule has 120 valence electrons. The number of hydrogen-bond donors (Lipinski definition) is 2. The number of amides is 1. The van der Waals surface area contributed by atoms with Gasteiger partial charge in [0.2, 0.25) is 5.95 Å². The van der Waals surface area contributed by atoms with Crippen LogP contribution in [0.4, 0.5) is 16.0 Å². The molecule has 1 atom stereocenters. The highest BCUT2D eigenvalue weighted by Crippen LogP contribution is 2.14. The highest BCUT2D eigenvalue weighted by molar-refractivity contribution is 6.03. The van der Waals surface area contributed by atoms with Crippen molar-refractivity contribution >= 4 is 17.5 Å². The van der Waals surface area contributed by atoms with Gasteiger partial charge in [-0.25, -0.2) is 14.4 Å². The monoisotopic (exact) mass is 316 g/mol.